The third-order valence-electron chi connectivity index (χ3n) is 5.17. The highest BCUT2D eigenvalue weighted by molar-refractivity contribution is 8.03. The van der Waals surface area contributed by atoms with Gasteiger partial charge in [-0.15, -0.1) is 11.8 Å². The van der Waals surface area contributed by atoms with Crippen molar-refractivity contribution >= 4 is 40.6 Å². The number of likely N-dealkylation sites (tertiary alicyclic amines) is 1. The predicted octanol–water partition coefficient (Wildman–Crippen LogP) is 2.88. The number of fused-ring (bicyclic) bond motifs is 1. The number of anilines is 1. The highest BCUT2D eigenvalue weighted by atomic mass is 32.2. The first-order chi connectivity index (χ1) is 14.8. The van der Waals surface area contributed by atoms with E-state index in [1.807, 2.05) is 44.5 Å². The lowest BCUT2D eigenvalue weighted by Crippen LogP contribution is -2.53. The van der Waals surface area contributed by atoms with Crippen molar-refractivity contribution in [2.75, 3.05) is 18.4 Å². The zero-order chi connectivity index (χ0) is 22.0. The molecule has 10 heteroatoms. The molecule has 2 aliphatic rings. The molecule has 4 heterocycles. The molecule has 2 aliphatic heterocycles. The van der Waals surface area contributed by atoms with Gasteiger partial charge in [0.2, 0.25) is 5.91 Å². The van der Waals surface area contributed by atoms with Gasteiger partial charge in [0, 0.05) is 25.3 Å². The number of ether oxygens (including phenoxy) is 1. The molecule has 0 aliphatic carbocycles. The van der Waals surface area contributed by atoms with Crippen LogP contribution in [0.3, 0.4) is 0 Å². The number of nitrogens with one attached hydrogen (secondary N) is 3. The SMILES string of the molecule is CC(C)(C)OC(=O)N1CCCC(NC(=O)C2SC=CC2Nc2ncnc3[nH]ccc23)C1. The zero-order valence-electron chi connectivity index (χ0n) is 17.9. The Bertz CT molecular complexity index is 985. The van der Waals surface area contributed by atoms with Crippen molar-refractivity contribution in [1.82, 2.24) is 25.2 Å². The van der Waals surface area contributed by atoms with Crippen molar-refractivity contribution in [3.63, 3.8) is 0 Å². The lowest BCUT2D eigenvalue weighted by atomic mass is 10.1. The number of hydrogen-bond donors (Lipinski definition) is 3. The topological polar surface area (TPSA) is 112 Å². The molecule has 31 heavy (non-hydrogen) atoms. The van der Waals surface area contributed by atoms with Gasteiger partial charge in [0.05, 0.1) is 11.4 Å². The summed E-state index contributed by atoms with van der Waals surface area (Å²) in [5.74, 6) is 0.637. The average molecular weight is 445 g/mol. The Kier molecular flexibility index (Phi) is 6.08. The Morgan fingerprint density at radius 2 is 2.16 bits per heavy atom. The first kappa shape index (κ1) is 21.5. The van der Waals surface area contributed by atoms with Crippen LogP contribution >= 0.6 is 11.8 Å². The van der Waals surface area contributed by atoms with Gasteiger partial charge < -0.3 is 25.3 Å². The largest absolute Gasteiger partial charge is 0.444 e. The molecule has 166 valence electrons. The van der Waals surface area contributed by atoms with E-state index in [1.54, 1.807) is 4.90 Å². The van der Waals surface area contributed by atoms with Crippen molar-refractivity contribution in [3.05, 3.63) is 30.1 Å². The molecule has 3 N–H and O–H groups in total. The minimum absolute atomic E-state index is 0.0529. The van der Waals surface area contributed by atoms with Crippen LogP contribution in [0.2, 0.25) is 0 Å². The van der Waals surface area contributed by atoms with E-state index < -0.39 is 5.60 Å². The van der Waals surface area contributed by atoms with Gasteiger partial charge in [-0.1, -0.05) is 6.08 Å². The molecule has 1 saturated heterocycles. The van der Waals surface area contributed by atoms with Crippen molar-refractivity contribution in [1.29, 1.82) is 0 Å². The summed E-state index contributed by atoms with van der Waals surface area (Å²) in [7, 11) is 0. The number of thioether (sulfide) groups is 1. The number of amides is 2. The summed E-state index contributed by atoms with van der Waals surface area (Å²) < 4.78 is 5.48. The van der Waals surface area contributed by atoms with Crippen LogP contribution in [0.15, 0.2) is 30.1 Å². The summed E-state index contributed by atoms with van der Waals surface area (Å²) in [6.07, 6.45) is 6.62. The molecule has 2 aromatic heterocycles. The van der Waals surface area contributed by atoms with Gasteiger partial charge in [-0.3, -0.25) is 4.79 Å². The van der Waals surface area contributed by atoms with Crippen LogP contribution in [0, 0.1) is 0 Å². The molecule has 4 rings (SSSR count). The molecule has 1 fully saturated rings. The Labute approximate surface area is 185 Å². The monoisotopic (exact) mass is 444 g/mol. The minimum atomic E-state index is -0.537. The fraction of sp³-hybridized carbons (Fsp3) is 0.524. The molecule has 0 saturated carbocycles. The first-order valence-corrected chi connectivity index (χ1v) is 11.4. The van der Waals surface area contributed by atoms with Crippen LogP contribution in [-0.2, 0) is 9.53 Å². The molecule has 0 aromatic carbocycles. The Morgan fingerprint density at radius 3 is 2.97 bits per heavy atom. The van der Waals surface area contributed by atoms with E-state index in [9.17, 15) is 9.59 Å². The van der Waals surface area contributed by atoms with Crippen molar-refractivity contribution in [3.8, 4) is 0 Å². The summed E-state index contributed by atoms with van der Waals surface area (Å²) in [6.45, 7) is 6.66. The van der Waals surface area contributed by atoms with Gasteiger partial charge in [0.15, 0.2) is 0 Å². The number of aromatic amines is 1. The van der Waals surface area contributed by atoms with Crippen molar-refractivity contribution in [2.45, 2.75) is 56.5 Å². The number of nitrogens with zero attached hydrogens (tertiary/aromatic N) is 3. The third kappa shape index (κ3) is 5.12. The number of carbonyl (C=O) groups is 2. The lowest BCUT2D eigenvalue weighted by molar-refractivity contribution is -0.121. The normalized spacial score (nSPS) is 23.7. The van der Waals surface area contributed by atoms with E-state index in [4.69, 9.17) is 4.74 Å². The van der Waals surface area contributed by atoms with E-state index in [0.717, 1.165) is 23.9 Å². The van der Waals surface area contributed by atoms with Gasteiger partial charge >= 0.3 is 6.09 Å². The summed E-state index contributed by atoms with van der Waals surface area (Å²) in [5, 5.41) is 8.99. The molecular weight excluding hydrogens is 416 g/mol. The summed E-state index contributed by atoms with van der Waals surface area (Å²) in [4.78, 5) is 38.7. The Balaban J connectivity index is 1.36. The lowest BCUT2D eigenvalue weighted by Gasteiger charge is -2.35. The molecule has 3 unspecified atom stereocenters. The summed E-state index contributed by atoms with van der Waals surface area (Å²) in [5.41, 5.74) is 0.210. The molecule has 9 nitrogen and oxygen atoms in total. The number of aromatic nitrogens is 3. The van der Waals surface area contributed by atoms with E-state index in [-0.39, 0.29) is 29.3 Å². The summed E-state index contributed by atoms with van der Waals surface area (Å²) >= 11 is 1.48. The molecule has 3 atom stereocenters. The number of rotatable bonds is 4. The van der Waals surface area contributed by atoms with Crippen LogP contribution < -0.4 is 10.6 Å². The zero-order valence-corrected chi connectivity index (χ0v) is 18.7. The van der Waals surface area contributed by atoms with Crippen molar-refractivity contribution in [2.24, 2.45) is 0 Å². The minimum Gasteiger partial charge on any atom is -0.444 e. The van der Waals surface area contributed by atoms with Gasteiger partial charge in [-0.25, -0.2) is 14.8 Å². The second-order valence-electron chi connectivity index (χ2n) is 8.79. The maximum atomic E-state index is 13.0. The highest BCUT2D eigenvalue weighted by Gasteiger charge is 2.34. The fourth-order valence-corrected chi connectivity index (χ4v) is 4.71. The van der Waals surface area contributed by atoms with Gasteiger partial charge in [0.25, 0.3) is 0 Å². The third-order valence-corrected chi connectivity index (χ3v) is 6.29. The molecular formula is C21H28N6O3S. The number of piperidine rings is 1. The average Bonchev–Trinajstić information content (AvgIpc) is 3.36. The van der Waals surface area contributed by atoms with Crippen LogP contribution in [-0.4, -0.2) is 67.9 Å². The smallest absolute Gasteiger partial charge is 0.410 e. The predicted molar refractivity (Wildman–Crippen MR) is 121 cm³/mol. The molecule has 0 spiro atoms. The number of hydrogen-bond acceptors (Lipinski definition) is 7. The molecule has 2 aromatic rings. The van der Waals surface area contributed by atoms with E-state index in [1.165, 1.54) is 18.1 Å². The van der Waals surface area contributed by atoms with Gasteiger partial charge in [-0.05, 0) is 45.1 Å². The standard InChI is InChI=1S/C21H28N6O3S/c1-21(2,3)30-20(29)27-9-4-5-13(11-27)25-19(28)16-15(7-10-31-16)26-18-14-6-8-22-17(14)23-12-24-18/h6-8,10,12-13,15-16H,4-5,9,11H2,1-3H3,(H,25,28)(H2,22,23,24,26). The maximum Gasteiger partial charge on any atom is 0.410 e. The number of H-pyrrole nitrogens is 1. The van der Waals surface area contributed by atoms with Gasteiger partial charge in [0.1, 0.15) is 28.6 Å². The molecule has 2 amide bonds. The molecule has 0 bridgehead atoms. The Morgan fingerprint density at radius 1 is 1.32 bits per heavy atom. The second-order valence-corrected chi connectivity index (χ2v) is 9.84. The van der Waals surface area contributed by atoms with Crippen LogP contribution in [0.4, 0.5) is 10.6 Å². The van der Waals surface area contributed by atoms with E-state index in [0.29, 0.717) is 18.9 Å². The number of carbonyl (C=O) groups excluding carboxylic acids is 2. The van der Waals surface area contributed by atoms with E-state index in [2.05, 4.69) is 25.6 Å². The van der Waals surface area contributed by atoms with Gasteiger partial charge in [-0.2, -0.15) is 0 Å². The Hall–Kier alpha value is -2.75. The van der Waals surface area contributed by atoms with Crippen LogP contribution in [0.1, 0.15) is 33.6 Å². The molecule has 0 radical (unpaired) electrons. The second kappa shape index (κ2) is 8.78. The maximum absolute atomic E-state index is 13.0. The fourth-order valence-electron chi connectivity index (χ4n) is 3.76. The highest BCUT2D eigenvalue weighted by Crippen LogP contribution is 2.29. The quantitative estimate of drug-likeness (QED) is 0.665. The van der Waals surface area contributed by atoms with Crippen LogP contribution in [0.25, 0.3) is 11.0 Å². The summed E-state index contributed by atoms with van der Waals surface area (Å²) in [6, 6.07) is 1.63. The first-order valence-electron chi connectivity index (χ1n) is 10.5. The van der Waals surface area contributed by atoms with E-state index >= 15 is 0 Å². The van der Waals surface area contributed by atoms with Crippen molar-refractivity contribution < 1.29 is 14.3 Å². The van der Waals surface area contributed by atoms with Crippen LogP contribution in [0.5, 0.6) is 0 Å².